The van der Waals surface area contributed by atoms with Crippen molar-refractivity contribution in [3.63, 3.8) is 0 Å². The minimum absolute atomic E-state index is 0.00574. The molecule has 2 N–H and O–H groups in total. The van der Waals surface area contributed by atoms with Crippen LogP contribution in [0.1, 0.15) is 18.4 Å². The van der Waals surface area contributed by atoms with E-state index in [4.69, 9.17) is 5.11 Å². The molecule has 1 aliphatic rings. The molecule has 2 rings (SSSR count). The minimum atomic E-state index is -3.41. The number of amides is 2. The Bertz CT molecular complexity index is 685. The van der Waals surface area contributed by atoms with E-state index in [0.29, 0.717) is 19.5 Å². The lowest BCUT2D eigenvalue weighted by molar-refractivity contribution is -0.137. The summed E-state index contributed by atoms with van der Waals surface area (Å²) in [6, 6.07) is 8.71. The third-order valence-corrected chi connectivity index (χ3v) is 5.80. The van der Waals surface area contributed by atoms with Gasteiger partial charge in [-0.15, -0.1) is 0 Å². The molecular weight excluding hydrogens is 346 g/mol. The van der Waals surface area contributed by atoms with Crippen LogP contribution in [0.5, 0.6) is 0 Å². The summed E-state index contributed by atoms with van der Waals surface area (Å²) in [5, 5.41) is 11.2. The molecule has 9 heteroatoms. The summed E-state index contributed by atoms with van der Waals surface area (Å²) >= 11 is 0. The second kappa shape index (κ2) is 8.82. The van der Waals surface area contributed by atoms with Crippen molar-refractivity contribution in [3.05, 3.63) is 35.9 Å². The monoisotopic (exact) mass is 369 g/mol. The highest BCUT2D eigenvalue weighted by Gasteiger charge is 2.28. The molecule has 0 aromatic heterocycles. The Morgan fingerprint density at radius 2 is 1.72 bits per heavy atom. The smallest absolute Gasteiger partial charge is 0.317 e. The molecule has 0 radical (unpaired) electrons. The van der Waals surface area contributed by atoms with Gasteiger partial charge in [0.15, 0.2) is 0 Å². The third kappa shape index (κ3) is 6.02. The molecule has 25 heavy (non-hydrogen) atoms. The van der Waals surface area contributed by atoms with Gasteiger partial charge in [-0.25, -0.2) is 13.2 Å². The number of nitrogens with one attached hydrogen (secondary N) is 1. The number of aliphatic carboxylic acids is 1. The molecule has 0 aliphatic carbocycles. The molecule has 1 fully saturated rings. The number of piperazine rings is 1. The van der Waals surface area contributed by atoms with Crippen molar-refractivity contribution < 1.29 is 23.1 Å². The van der Waals surface area contributed by atoms with Gasteiger partial charge in [0.05, 0.1) is 5.75 Å². The van der Waals surface area contributed by atoms with Crippen molar-refractivity contribution in [1.29, 1.82) is 0 Å². The zero-order valence-electron chi connectivity index (χ0n) is 13.9. The normalized spacial score (nSPS) is 15.8. The molecule has 1 heterocycles. The van der Waals surface area contributed by atoms with Crippen LogP contribution in [-0.4, -0.2) is 67.5 Å². The lowest BCUT2D eigenvalue weighted by atomic mass is 10.2. The Morgan fingerprint density at radius 3 is 2.32 bits per heavy atom. The topological polar surface area (TPSA) is 107 Å². The van der Waals surface area contributed by atoms with Crippen LogP contribution in [0.15, 0.2) is 30.3 Å². The molecule has 2 amide bonds. The van der Waals surface area contributed by atoms with Gasteiger partial charge in [-0.2, -0.15) is 4.31 Å². The fourth-order valence-electron chi connectivity index (χ4n) is 2.59. The Labute approximate surface area is 147 Å². The maximum Gasteiger partial charge on any atom is 0.317 e. The summed E-state index contributed by atoms with van der Waals surface area (Å²) < 4.78 is 26.3. The number of carboxylic acids is 1. The number of hydrogen-bond donors (Lipinski definition) is 2. The third-order valence-electron chi connectivity index (χ3n) is 3.95. The fourth-order valence-corrected chi connectivity index (χ4v) is 4.11. The zero-order valence-corrected chi connectivity index (χ0v) is 14.7. The van der Waals surface area contributed by atoms with E-state index in [-0.39, 0.29) is 37.8 Å². The van der Waals surface area contributed by atoms with E-state index in [0.717, 1.165) is 5.56 Å². The van der Waals surface area contributed by atoms with Gasteiger partial charge in [-0.05, 0) is 12.0 Å². The van der Waals surface area contributed by atoms with Gasteiger partial charge >= 0.3 is 12.0 Å². The molecule has 0 spiro atoms. The molecule has 1 aliphatic heterocycles. The second-order valence-corrected chi connectivity index (χ2v) is 7.83. The van der Waals surface area contributed by atoms with Gasteiger partial charge in [0.1, 0.15) is 0 Å². The molecular formula is C16H23N3O5S. The SMILES string of the molecule is O=C(O)CCCNC(=O)N1CCN(S(=O)(=O)Cc2ccccc2)CC1. The zero-order chi connectivity index (χ0) is 18.3. The predicted molar refractivity (Wildman–Crippen MR) is 92.5 cm³/mol. The van der Waals surface area contributed by atoms with E-state index in [1.165, 1.54) is 4.31 Å². The van der Waals surface area contributed by atoms with Crippen LogP contribution in [0, 0.1) is 0 Å². The number of rotatable bonds is 7. The maximum absolute atomic E-state index is 12.5. The maximum atomic E-state index is 12.5. The van der Waals surface area contributed by atoms with Crippen LogP contribution in [0.25, 0.3) is 0 Å². The molecule has 8 nitrogen and oxygen atoms in total. The summed E-state index contributed by atoms with van der Waals surface area (Å²) in [7, 11) is -3.41. The van der Waals surface area contributed by atoms with Crippen LogP contribution >= 0.6 is 0 Å². The predicted octanol–water partition coefficient (Wildman–Crippen LogP) is 0.708. The van der Waals surface area contributed by atoms with Crippen LogP contribution in [-0.2, 0) is 20.6 Å². The number of nitrogens with zero attached hydrogens (tertiary/aromatic N) is 2. The average Bonchev–Trinajstić information content (AvgIpc) is 2.59. The highest BCUT2D eigenvalue weighted by Crippen LogP contribution is 2.13. The average molecular weight is 369 g/mol. The van der Waals surface area contributed by atoms with Crippen LogP contribution in [0.2, 0.25) is 0 Å². The highest BCUT2D eigenvalue weighted by molar-refractivity contribution is 7.88. The highest BCUT2D eigenvalue weighted by atomic mass is 32.2. The molecule has 0 unspecified atom stereocenters. The number of carbonyl (C=O) groups excluding carboxylic acids is 1. The van der Waals surface area contributed by atoms with Crippen molar-refractivity contribution in [2.45, 2.75) is 18.6 Å². The van der Waals surface area contributed by atoms with Gasteiger partial charge in [-0.3, -0.25) is 4.79 Å². The first-order valence-corrected chi connectivity index (χ1v) is 9.76. The van der Waals surface area contributed by atoms with Gasteiger partial charge in [0.25, 0.3) is 0 Å². The Hall–Kier alpha value is -2.13. The number of benzene rings is 1. The van der Waals surface area contributed by atoms with E-state index >= 15 is 0 Å². The second-order valence-electron chi connectivity index (χ2n) is 5.86. The van der Waals surface area contributed by atoms with Gasteiger partial charge < -0.3 is 15.3 Å². The van der Waals surface area contributed by atoms with Crippen molar-refractivity contribution in [2.75, 3.05) is 32.7 Å². The summed E-state index contributed by atoms with van der Waals surface area (Å²) in [6.07, 6.45) is 0.373. The first-order valence-electron chi connectivity index (χ1n) is 8.15. The first-order chi connectivity index (χ1) is 11.9. The number of hydrogen-bond acceptors (Lipinski definition) is 4. The Kier molecular flexibility index (Phi) is 6.77. The summed E-state index contributed by atoms with van der Waals surface area (Å²) in [5.74, 6) is -0.943. The number of urea groups is 1. The van der Waals surface area contributed by atoms with Gasteiger partial charge in [0.2, 0.25) is 10.0 Å². The molecule has 0 bridgehead atoms. The Balaban J connectivity index is 1.78. The van der Waals surface area contributed by atoms with Crippen LogP contribution in [0.4, 0.5) is 4.79 Å². The molecule has 0 atom stereocenters. The van der Waals surface area contributed by atoms with E-state index in [1.54, 1.807) is 29.2 Å². The van der Waals surface area contributed by atoms with Crippen LogP contribution in [0.3, 0.4) is 0 Å². The molecule has 138 valence electrons. The molecule has 1 saturated heterocycles. The standard InChI is InChI=1S/C16H23N3O5S/c20-15(21)7-4-8-17-16(22)18-9-11-19(12-10-18)25(23,24)13-14-5-2-1-3-6-14/h1-3,5-6H,4,7-13H2,(H,17,22)(H,20,21). The van der Waals surface area contributed by atoms with Crippen molar-refractivity contribution in [2.24, 2.45) is 0 Å². The van der Waals surface area contributed by atoms with Crippen LogP contribution < -0.4 is 5.32 Å². The van der Waals surface area contributed by atoms with E-state index in [2.05, 4.69) is 5.32 Å². The number of carbonyl (C=O) groups is 2. The van der Waals surface area contributed by atoms with Crippen molar-refractivity contribution in [1.82, 2.24) is 14.5 Å². The summed E-state index contributed by atoms with van der Waals surface area (Å²) in [4.78, 5) is 24.0. The molecule has 1 aromatic rings. The quantitative estimate of drug-likeness (QED) is 0.688. The lowest BCUT2D eigenvalue weighted by Gasteiger charge is -2.34. The van der Waals surface area contributed by atoms with E-state index < -0.39 is 16.0 Å². The van der Waals surface area contributed by atoms with Gasteiger partial charge in [-0.1, -0.05) is 30.3 Å². The number of carboxylic acid groups (broad SMARTS) is 1. The molecule has 1 aromatic carbocycles. The lowest BCUT2D eigenvalue weighted by Crippen LogP contribution is -2.53. The fraction of sp³-hybridized carbons (Fsp3) is 0.500. The van der Waals surface area contributed by atoms with Crippen molar-refractivity contribution >= 4 is 22.0 Å². The Morgan fingerprint density at radius 1 is 1.08 bits per heavy atom. The summed E-state index contributed by atoms with van der Waals surface area (Å²) in [6.45, 7) is 1.45. The van der Waals surface area contributed by atoms with Gasteiger partial charge in [0, 0.05) is 39.1 Å². The largest absolute Gasteiger partial charge is 0.481 e. The molecule has 0 saturated carbocycles. The van der Waals surface area contributed by atoms with E-state index in [1.807, 2.05) is 6.07 Å². The van der Waals surface area contributed by atoms with Crippen molar-refractivity contribution in [3.8, 4) is 0 Å². The minimum Gasteiger partial charge on any atom is -0.481 e. The summed E-state index contributed by atoms with van der Waals surface area (Å²) in [5.41, 5.74) is 0.737. The number of sulfonamides is 1. The van der Waals surface area contributed by atoms with E-state index in [9.17, 15) is 18.0 Å². The first kappa shape index (κ1) is 19.2.